The number of anilines is 1. The number of rotatable bonds is 12. The molecular formula is C27H39N3O4S. The van der Waals surface area contributed by atoms with Gasteiger partial charge in [0, 0.05) is 12.6 Å². The van der Waals surface area contributed by atoms with Crippen molar-refractivity contribution in [3.05, 3.63) is 65.2 Å². The van der Waals surface area contributed by atoms with E-state index in [9.17, 15) is 18.0 Å². The first-order valence-corrected chi connectivity index (χ1v) is 14.0. The zero-order valence-corrected chi connectivity index (χ0v) is 22.6. The predicted octanol–water partition coefficient (Wildman–Crippen LogP) is 3.83. The highest BCUT2D eigenvalue weighted by Gasteiger charge is 2.31. The second-order valence-corrected chi connectivity index (χ2v) is 11.1. The van der Waals surface area contributed by atoms with Crippen LogP contribution < -0.4 is 9.62 Å². The Balaban J connectivity index is 2.39. The highest BCUT2D eigenvalue weighted by molar-refractivity contribution is 7.92. The normalized spacial score (nSPS) is 13.1. The van der Waals surface area contributed by atoms with Crippen LogP contribution in [0.25, 0.3) is 0 Å². The molecule has 0 aromatic heterocycles. The number of aryl methyl sites for hydroxylation is 2. The Morgan fingerprint density at radius 2 is 1.57 bits per heavy atom. The predicted molar refractivity (Wildman–Crippen MR) is 142 cm³/mol. The summed E-state index contributed by atoms with van der Waals surface area (Å²) < 4.78 is 26.6. The van der Waals surface area contributed by atoms with Gasteiger partial charge < -0.3 is 10.2 Å². The maximum Gasteiger partial charge on any atom is 0.244 e. The second kappa shape index (κ2) is 12.7. The van der Waals surface area contributed by atoms with E-state index >= 15 is 0 Å². The maximum absolute atomic E-state index is 13.7. The maximum atomic E-state index is 13.7. The van der Waals surface area contributed by atoms with Gasteiger partial charge in [-0.3, -0.25) is 13.9 Å². The molecule has 0 heterocycles. The first-order chi connectivity index (χ1) is 16.5. The minimum absolute atomic E-state index is 0.0228. The van der Waals surface area contributed by atoms with Crippen molar-refractivity contribution >= 4 is 27.5 Å². The largest absolute Gasteiger partial charge is 0.352 e. The van der Waals surface area contributed by atoms with Gasteiger partial charge >= 0.3 is 0 Å². The van der Waals surface area contributed by atoms with Crippen LogP contribution in [0.5, 0.6) is 0 Å². The Hall–Kier alpha value is -2.87. The summed E-state index contributed by atoms with van der Waals surface area (Å²) in [7, 11) is -3.74. The standard InChI is InChI=1S/C27H39N3O4S/c1-7-22(5)28-27(32)25(8-2)29(15-14-23-12-10-9-11-13-23)26(31)19-30(35(6,33)34)24-17-20(3)16-21(4)18-24/h9-13,16-18,22,25H,7-8,14-15,19H2,1-6H3,(H,28,32)/t22-,25-/m0/s1. The Kier molecular flexibility index (Phi) is 10.3. The molecule has 0 aliphatic rings. The lowest BCUT2D eigenvalue weighted by molar-refractivity contribution is -0.139. The topological polar surface area (TPSA) is 86.8 Å². The fourth-order valence-corrected chi connectivity index (χ4v) is 4.88. The van der Waals surface area contributed by atoms with Crippen molar-refractivity contribution < 1.29 is 18.0 Å². The molecule has 35 heavy (non-hydrogen) atoms. The van der Waals surface area contributed by atoms with Crippen LogP contribution >= 0.6 is 0 Å². The van der Waals surface area contributed by atoms with Crippen LogP contribution in [0.2, 0.25) is 0 Å². The molecule has 2 aromatic rings. The van der Waals surface area contributed by atoms with Crippen LogP contribution in [-0.4, -0.2) is 56.6 Å². The molecule has 0 aliphatic carbocycles. The van der Waals surface area contributed by atoms with Gasteiger partial charge in [0.15, 0.2) is 0 Å². The molecule has 192 valence electrons. The Labute approximate surface area is 210 Å². The average molecular weight is 502 g/mol. The summed E-state index contributed by atoms with van der Waals surface area (Å²) in [5, 5.41) is 2.98. The number of hydrogen-bond acceptors (Lipinski definition) is 4. The van der Waals surface area contributed by atoms with Gasteiger partial charge in [-0.2, -0.15) is 0 Å². The van der Waals surface area contributed by atoms with Crippen LogP contribution in [-0.2, 0) is 26.0 Å². The quantitative estimate of drug-likeness (QED) is 0.479. The molecule has 0 spiro atoms. The number of amides is 2. The van der Waals surface area contributed by atoms with Crippen molar-refractivity contribution in [1.82, 2.24) is 10.2 Å². The molecule has 0 unspecified atom stereocenters. The van der Waals surface area contributed by atoms with Crippen molar-refractivity contribution in [3.63, 3.8) is 0 Å². The van der Waals surface area contributed by atoms with Crippen LogP contribution in [0.15, 0.2) is 48.5 Å². The fraction of sp³-hybridized carbons (Fsp3) is 0.481. The summed E-state index contributed by atoms with van der Waals surface area (Å²) in [4.78, 5) is 28.3. The number of carbonyl (C=O) groups excluding carboxylic acids is 2. The van der Waals surface area contributed by atoms with Crippen LogP contribution in [0, 0.1) is 13.8 Å². The summed E-state index contributed by atoms with van der Waals surface area (Å²) in [6.07, 6.45) is 2.85. The number of nitrogens with one attached hydrogen (secondary N) is 1. The summed E-state index contributed by atoms with van der Waals surface area (Å²) >= 11 is 0. The average Bonchev–Trinajstić information content (AvgIpc) is 2.78. The molecule has 2 atom stereocenters. The van der Waals surface area contributed by atoms with Crippen molar-refractivity contribution in [1.29, 1.82) is 0 Å². The molecule has 1 N–H and O–H groups in total. The van der Waals surface area contributed by atoms with Gasteiger partial charge in [-0.15, -0.1) is 0 Å². The fourth-order valence-electron chi connectivity index (χ4n) is 4.05. The van der Waals surface area contributed by atoms with Gasteiger partial charge in [0.1, 0.15) is 12.6 Å². The van der Waals surface area contributed by atoms with E-state index in [0.717, 1.165) is 33.7 Å². The zero-order valence-electron chi connectivity index (χ0n) is 21.7. The van der Waals surface area contributed by atoms with Gasteiger partial charge in [0.25, 0.3) is 0 Å². The number of hydrogen-bond donors (Lipinski definition) is 1. The van der Waals surface area contributed by atoms with Gasteiger partial charge in [0.2, 0.25) is 21.8 Å². The van der Waals surface area contributed by atoms with E-state index in [-0.39, 0.29) is 18.5 Å². The lowest BCUT2D eigenvalue weighted by Crippen LogP contribution is -2.54. The van der Waals surface area contributed by atoms with Gasteiger partial charge in [-0.25, -0.2) is 8.42 Å². The summed E-state index contributed by atoms with van der Waals surface area (Å²) in [5.41, 5.74) is 3.29. The Morgan fingerprint density at radius 3 is 2.09 bits per heavy atom. The molecule has 8 heteroatoms. The van der Waals surface area contributed by atoms with Crippen LogP contribution in [0.1, 0.15) is 50.3 Å². The first-order valence-electron chi connectivity index (χ1n) is 12.2. The van der Waals surface area contributed by atoms with Crippen molar-refractivity contribution in [2.24, 2.45) is 0 Å². The molecule has 0 saturated carbocycles. The molecule has 0 fully saturated rings. The van der Waals surface area contributed by atoms with E-state index in [1.54, 1.807) is 12.1 Å². The first kappa shape index (κ1) is 28.4. The minimum atomic E-state index is -3.74. The highest BCUT2D eigenvalue weighted by atomic mass is 32.2. The molecule has 0 bridgehead atoms. The van der Waals surface area contributed by atoms with E-state index in [4.69, 9.17) is 0 Å². The lowest BCUT2D eigenvalue weighted by Gasteiger charge is -2.33. The van der Waals surface area contributed by atoms with Gasteiger partial charge in [-0.1, -0.05) is 50.2 Å². The molecule has 7 nitrogen and oxygen atoms in total. The molecule has 2 amide bonds. The van der Waals surface area contributed by atoms with Crippen molar-refractivity contribution in [2.45, 2.75) is 66.0 Å². The molecule has 0 saturated heterocycles. The number of carbonyl (C=O) groups is 2. The Morgan fingerprint density at radius 1 is 0.971 bits per heavy atom. The van der Waals surface area contributed by atoms with E-state index in [1.807, 2.05) is 71.0 Å². The lowest BCUT2D eigenvalue weighted by atomic mass is 10.1. The third kappa shape index (κ3) is 8.38. The molecule has 2 rings (SSSR count). The van der Waals surface area contributed by atoms with Gasteiger partial charge in [-0.05, 0) is 68.9 Å². The van der Waals surface area contributed by atoms with E-state index in [0.29, 0.717) is 25.1 Å². The Bertz CT molecular complexity index is 1080. The van der Waals surface area contributed by atoms with E-state index in [1.165, 1.54) is 4.90 Å². The highest BCUT2D eigenvalue weighted by Crippen LogP contribution is 2.22. The zero-order chi connectivity index (χ0) is 26.2. The molecular weight excluding hydrogens is 462 g/mol. The number of benzene rings is 2. The van der Waals surface area contributed by atoms with E-state index in [2.05, 4.69) is 5.32 Å². The third-order valence-corrected chi connectivity index (χ3v) is 7.19. The molecule has 0 radical (unpaired) electrons. The SMILES string of the molecule is CC[C@H](C)NC(=O)[C@H](CC)N(CCc1ccccc1)C(=O)CN(c1cc(C)cc(C)c1)S(C)(=O)=O. The van der Waals surface area contributed by atoms with Gasteiger partial charge in [0.05, 0.1) is 11.9 Å². The number of nitrogens with zero attached hydrogens (tertiary/aromatic N) is 2. The van der Waals surface area contributed by atoms with Crippen LogP contribution in [0.3, 0.4) is 0 Å². The molecule has 2 aromatic carbocycles. The summed E-state index contributed by atoms with van der Waals surface area (Å²) in [6.45, 7) is 9.48. The third-order valence-electron chi connectivity index (χ3n) is 6.04. The monoisotopic (exact) mass is 501 g/mol. The summed E-state index contributed by atoms with van der Waals surface area (Å²) in [6, 6.07) is 14.5. The summed E-state index contributed by atoms with van der Waals surface area (Å²) in [5.74, 6) is -0.628. The van der Waals surface area contributed by atoms with Crippen molar-refractivity contribution in [3.8, 4) is 0 Å². The minimum Gasteiger partial charge on any atom is -0.352 e. The molecule has 0 aliphatic heterocycles. The number of sulfonamides is 1. The second-order valence-electron chi connectivity index (χ2n) is 9.18. The van der Waals surface area contributed by atoms with E-state index < -0.39 is 22.0 Å². The smallest absolute Gasteiger partial charge is 0.244 e. The van der Waals surface area contributed by atoms with Crippen LogP contribution in [0.4, 0.5) is 5.69 Å². The van der Waals surface area contributed by atoms with Crippen molar-refractivity contribution in [2.75, 3.05) is 23.7 Å².